The van der Waals surface area contributed by atoms with Crippen molar-refractivity contribution in [3.63, 3.8) is 0 Å². The van der Waals surface area contributed by atoms with Crippen molar-refractivity contribution >= 4 is 11.8 Å². The van der Waals surface area contributed by atoms with Crippen molar-refractivity contribution < 1.29 is 0 Å². The second-order valence-corrected chi connectivity index (χ2v) is 5.90. The maximum Gasteiger partial charge on any atom is 0.0727 e. The van der Waals surface area contributed by atoms with Crippen LogP contribution in [0, 0.1) is 0 Å². The Morgan fingerprint density at radius 2 is 2.16 bits per heavy atom. The van der Waals surface area contributed by atoms with E-state index in [-0.39, 0.29) is 0 Å². The molecule has 0 amide bonds. The van der Waals surface area contributed by atoms with Gasteiger partial charge in [0, 0.05) is 29.4 Å². The van der Waals surface area contributed by atoms with Gasteiger partial charge in [-0.2, -0.15) is 5.10 Å². The molecular weight excluding hydrogens is 254 g/mol. The van der Waals surface area contributed by atoms with Crippen LogP contribution in [0.2, 0.25) is 0 Å². The van der Waals surface area contributed by atoms with Crippen LogP contribution in [0.25, 0.3) is 0 Å². The first-order valence-corrected chi connectivity index (χ1v) is 7.58. The molecule has 1 heterocycles. The maximum absolute atomic E-state index is 4.57. The SMILES string of the molecule is CNCc1cccc(SCc2ccn(C(C)C)n2)c1. The lowest BCUT2D eigenvalue weighted by Gasteiger charge is -2.05. The summed E-state index contributed by atoms with van der Waals surface area (Å²) < 4.78 is 2.01. The number of hydrogen-bond donors (Lipinski definition) is 1. The van der Waals surface area contributed by atoms with Crippen LogP contribution in [0.1, 0.15) is 31.1 Å². The van der Waals surface area contributed by atoms with Crippen molar-refractivity contribution in [2.45, 2.75) is 37.1 Å². The minimum absolute atomic E-state index is 0.428. The first-order valence-electron chi connectivity index (χ1n) is 6.59. The van der Waals surface area contributed by atoms with E-state index < -0.39 is 0 Å². The molecule has 1 aromatic heterocycles. The molecule has 2 aromatic rings. The molecule has 3 nitrogen and oxygen atoms in total. The Morgan fingerprint density at radius 3 is 2.84 bits per heavy atom. The average Bonchev–Trinajstić information content (AvgIpc) is 2.86. The fourth-order valence-electron chi connectivity index (χ4n) is 1.85. The van der Waals surface area contributed by atoms with Gasteiger partial charge in [0.1, 0.15) is 0 Å². The summed E-state index contributed by atoms with van der Waals surface area (Å²) in [7, 11) is 1.97. The summed E-state index contributed by atoms with van der Waals surface area (Å²) >= 11 is 1.83. The van der Waals surface area contributed by atoms with Gasteiger partial charge in [-0.25, -0.2) is 0 Å². The standard InChI is InChI=1S/C15H21N3S/c1-12(2)18-8-7-14(17-18)11-19-15-6-4-5-13(9-15)10-16-3/h4-9,12,16H,10-11H2,1-3H3. The largest absolute Gasteiger partial charge is 0.316 e. The van der Waals surface area contributed by atoms with Crippen molar-refractivity contribution in [3.05, 3.63) is 47.8 Å². The summed E-state index contributed by atoms with van der Waals surface area (Å²) in [4.78, 5) is 1.30. The molecule has 0 saturated heterocycles. The van der Waals surface area contributed by atoms with Crippen LogP contribution in [-0.2, 0) is 12.3 Å². The van der Waals surface area contributed by atoms with Crippen molar-refractivity contribution in [1.82, 2.24) is 15.1 Å². The number of rotatable bonds is 6. The van der Waals surface area contributed by atoms with Crippen LogP contribution in [0.15, 0.2) is 41.4 Å². The third-order valence-electron chi connectivity index (χ3n) is 2.86. The van der Waals surface area contributed by atoms with E-state index in [1.807, 2.05) is 23.5 Å². The molecule has 0 unspecified atom stereocenters. The third-order valence-corrected chi connectivity index (χ3v) is 3.89. The summed E-state index contributed by atoms with van der Waals surface area (Å²) in [6.07, 6.45) is 2.05. The molecule has 0 bridgehead atoms. The molecule has 102 valence electrons. The van der Waals surface area contributed by atoms with Gasteiger partial charge in [0.2, 0.25) is 0 Å². The van der Waals surface area contributed by atoms with Gasteiger partial charge >= 0.3 is 0 Å². The molecule has 0 saturated carbocycles. The van der Waals surface area contributed by atoms with Crippen LogP contribution in [-0.4, -0.2) is 16.8 Å². The Morgan fingerprint density at radius 1 is 1.32 bits per heavy atom. The van der Waals surface area contributed by atoms with Crippen molar-refractivity contribution in [2.24, 2.45) is 0 Å². The fraction of sp³-hybridized carbons (Fsp3) is 0.400. The van der Waals surface area contributed by atoms with Crippen LogP contribution in [0.5, 0.6) is 0 Å². The minimum Gasteiger partial charge on any atom is -0.316 e. The summed E-state index contributed by atoms with van der Waals surface area (Å²) in [6, 6.07) is 11.2. The molecule has 0 atom stereocenters. The second kappa shape index (κ2) is 6.78. The highest BCUT2D eigenvalue weighted by molar-refractivity contribution is 7.98. The Bertz CT molecular complexity index is 520. The summed E-state index contributed by atoms with van der Waals surface area (Å²) in [5.41, 5.74) is 2.46. The molecule has 0 spiro atoms. The summed E-state index contributed by atoms with van der Waals surface area (Å²) in [6.45, 7) is 5.20. The Kier molecular flexibility index (Phi) is 5.05. The van der Waals surface area contributed by atoms with E-state index in [2.05, 4.69) is 60.8 Å². The Hall–Kier alpha value is -1.26. The van der Waals surface area contributed by atoms with E-state index in [1.165, 1.54) is 10.5 Å². The highest BCUT2D eigenvalue weighted by atomic mass is 32.2. The zero-order valence-electron chi connectivity index (χ0n) is 11.8. The monoisotopic (exact) mass is 275 g/mol. The van der Waals surface area contributed by atoms with E-state index in [0.29, 0.717) is 6.04 Å². The molecule has 1 aromatic carbocycles. The Balaban J connectivity index is 1.95. The number of nitrogens with one attached hydrogen (secondary N) is 1. The predicted molar refractivity (Wildman–Crippen MR) is 81.4 cm³/mol. The molecule has 0 aliphatic rings. The quantitative estimate of drug-likeness (QED) is 0.819. The number of nitrogens with zero attached hydrogens (tertiary/aromatic N) is 2. The third kappa shape index (κ3) is 4.11. The summed E-state index contributed by atoms with van der Waals surface area (Å²) in [5, 5.41) is 7.74. The maximum atomic E-state index is 4.57. The smallest absolute Gasteiger partial charge is 0.0727 e. The van der Waals surface area contributed by atoms with E-state index in [9.17, 15) is 0 Å². The lowest BCUT2D eigenvalue weighted by Crippen LogP contribution is -2.04. The van der Waals surface area contributed by atoms with E-state index in [0.717, 1.165) is 18.0 Å². The minimum atomic E-state index is 0.428. The first kappa shape index (κ1) is 14.2. The lowest BCUT2D eigenvalue weighted by molar-refractivity contribution is 0.529. The van der Waals surface area contributed by atoms with Crippen LogP contribution in [0.4, 0.5) is 0 Å². The van der Waals surface area contributed by atoms with Crippen molar-refractivity contribution in [3.8, 4) is 0 Å². The number of aromatic nitrogens is 2. The molecular formula is C15H21N3S. The molecule has 0 aliphatic heterocycles. The molecule has 2 rings (SSSR count). The van der Waals surface area contributed by atoms with Gasteiger partial charge in [0.05, 0.1) is 5.69 Å². The normalized spacial score (nSPS) is 11.2. The van der Waals surface area contributed by atoms with Crippen LogP contribution in [0.3, 0.4) is 0 Å². The molecule has 19 heavy (non-hydrogen) atoms. The summed E-state index contributed by atoms with van der Waals surface area (Å²) in [5.74, 6) is 0.919. The van der Waals surface area contributed by atoms with E-state index >= 15 is 0 Å². The number of thioether (sulfide) groups is 1. The van der Waals surface area contributed by atoms with Gasteiger partial charge < -0.3 is 5.32 Å². The fourth-order valence-corrected chi connectivity index (χ4v) is 2.73. The second-order valence-electron chi connectivity index (χ2n) is 4.85. The topological polar surface area (TPSA) is 29.9 Å². The first-order chi connectivity index (χ1) is 9.19. The molecule has 0 aliphatic carbocycles. The highest BCUT2D eigenvalue weighted by Crippen LogP contribution is 2.23. The van der Waals surface area contributed by atoms with E-state index in [1.54, 1.807) is 0 Å². The molecule has 1 N–H and O–H groups in total. The predicted octanol–water partition coefficient (Wildman–Crippen LogP) is 3.48. The number of hydrogen-bond acceptors (Lipinski definition) is 3. The van der Waals surface area contributed by atoms with Gasteiger partial charge in [-0.15, -0.1) is 11.8 Å². The number of benzene rings is 1. The van der Waals surface area contributed by atoms with Crippen LogP contribution >= 0.6 is 11.8 Å². The molecule has 0 radical (unpaired) electrons. The van der Waals surface area contributed by atoms with Crippen molar-refractivity contribution in [1.29, 1.82) is 0 Å². The molecule has 4 heteroatoms. The van der Waals surface area contributed by atoms with Gasteiger partial charge in [0.25, 0.3) is 0 Å². The van der Waals surface area contributed by atoms with Crippen LogP contribution < -0.4 is 5.32 Å². The van der Waals surface area contributed by atoms with Gasteiger partial charge in [-0.1, -0.05) is 12.1 Å². The Labute approximate surface area is 119 Å². The zero-order chi connectivity index (χ0) is 13.7. The van der Waals surface area contributed by atoms with E-state index in [4.69, 9.17) is 0 Å². The lowest BCUT2D eigenvalue weighted by atomic mass is 10.2. The molecule has 0 fully saturated rings. The van der Waals surface area contributed by atoms with Crippen molar-refractivity contribution in [2.75, 3.05) is 7.05 Å². The highest BCUT2D eigenvalue weighted by Gasteiger charge is 2.03. The van der Waals surface area contributed by atoms with Gasteiger partial charge in [-0.05, 0) is 44.7 Å². The van der Waals surface area contributed by atoms with Gasteiger partial charge in [0.15, 0.2) is 0 Å². The average molecular weight is 275 g/mol. The van der Waals surface area contributed by atoms with Gasteiger partial charge in [-0.3, -0.25) is 4.68 Å². The zero-order valence-corrected chi connectivity index (χ0v) is 12.6.